The second-order valence-electron chi connectivity index (χ2n) is 4.77. The lowest BCUT2D eigenvalue weighted by atomic mass is 10.2. The lowest BCUT2D eigenvalue weighted by molar-refractivity contribution is -0.112. The lowest BCUT2D eigenvalue weighted by Crippen LogP contribution is -2.32. The van der Waals surface area contributed by atoms with E-state index in [1.807, 2.05) is 6.07 Å². The molecule has 0 atom stereocenters. The molecule has 0 bridgehead atoms. The zero-order valence-corrected chi connectivity index (χ0v) is 12.7. The van der Waals surface area contributed by atoms with Crippen LogP contribution in [-0.4, -0.2) is 15.6 Å². The van der Waals surface area contributed by atoms with Crippen molar-refractivity contribution in [1.29, 1.82) is 0 Å². The molecule has 0 aliphatic carbocycles. The van der Waals surface area contributed by atoms with Crippen LogP contribution in [0.25, 0.3) is 17.0 Å². The monoisotopic (exact) mass is 325 g/mol. The molecule has 0 saturated carbocycles. The zero-order valence-electron chi connectivity index (χ0n) is 11.9. The number of aromatic nitrogens is 2. The summed E-state index contributed by atoms with van der Waals surface area (Å²) in [6, 6.07) is 14.1. The Labute approximate surface area is 136 Å². The molecule has 0 aliphatic heterocycles. The number of para-hydroxylation sites is 1. The van der Waals surface area contributed by atoms with Crippen molar-refractivity contribution in [2.45, 2.75) is 0 Å². The first-order valence-electron chi connectivity index (χ1n) is 6.85. The van der Waals surface area contributed by atoms with E-state index in [2.05, 4.69) is 10.4 Å². The van der Waals surface area contributed by atoms with Crippen molar-refractivity contribution in [3.05, 3.63) is 81.9 Å². The quantitative estimate of drug-likeness (QED) is 0.753. The largest absolute Gasteiger partial charge is 0.280 e. The van der Waals surface area contributed by atoms with Gasteiger partial charge in [0.15, 0.2) is 0 Å². The van der Waals surface area contributed by atoms with E-state index in [1.165, 1.54) is 12.4 Å². The normalized spacial score (nSPS) is 11.0. The molecule has 0 unspecified atom stereocenters. The predicted molar refractivity (Wildman–Crippen MR) is 90.9 cm³/mol. The van der Waals surface area contributed by atoms with E-state index in [9.17, 15) is 9.59 Å². The molecule has 0 radical (unpaired) electrons. The molecule has 3 rings (SSSR count). The van der Waals surface area contributed by atoms with Crippen molar-refractivity contribution >= 4 is 34.5 Å². The summed E-state index contributed by atoms with van der Waals surface area (Å²) in [5.41, 5.74) is 3.42. The highest BCUT2D eigenvalue weighted by Crippen LogP contribution is 2.16. The van der Waals surface area contributed by atoms with Gasteiger partial charge in [-0.2, -0.15) is 0 Å². The van der Waals surface area contributed by atoms with E-state index in [0.717, 1.165) is 4.68 Å². The van der Waals surface area contributed by atoms with Gasteiger partial charge in [-0.1, -0.05) is 41.9 Å². The summed E-state index contributed by atoms with van der Waals surface area (Å²) in [6.07, 6.45) is 4.17. The van der Waals surface area contributed by atoms with Gasteiger partial charge in [0.25, 0.3) is 11.5 Å². The average molecular weight is 326 g/mol. The van der Waals surface area contributed by atoms with Crippen LogP contribution in [0.5, 0.6) is 0 Å². The molecule has 0 fully saturated rings. The first kappa shape index (κ1) is 15.0. The number of carbonyl (C=O) groups excluding carboxylic acids is 1. The first-order chi connectivity index (χ1) is 11.1. The van der Waals surface area contributed by atoms with Crippen molar-refractivity contribution in [1.82, 2.24) is 9.66 Å². The number of hydrogen-bond donors (Lipinski definition) is 1. The molecule has 23 heavy (non-hydrogen) atoms. The maximum Gasteiger partial charge on any atom is 0.280 e. The molecular formula is C17H12ClN3O2. The number of carbonyl (C=O) groups is 1. The van der Waals surface area contributed by atoms with Crippen molar-refractivity contribution in [3.63, 3.8) is 0 Å². The maximum atomic E-state index is 12.3. The first-order valence-corrected chi connectivity index (χ1v) is 7.23. The minimum atomic E-state index is -0.455. The summed E-state index contributed by atoms with van der Waals surface area (Å²) in [5.74, 6) is -0.455. The SMILES string of the molecule is O=C(/C=C/c1ccccc1Cl)Nn1cnc2ccccc2c1=O. The molecule has 6 heteroatoms. The molecule has 3 aromatic rings. The molecular weight excluding hydrogens is 314 g/mol. The fourth-order valence-electron chi connectivity index (χ4n) is 2.08. The van der Waals surface area contributed by atoms with Crippen molar-refractivity contribution < 1.29 is 4.79 Å². The van der Waals surface area contributed by atoms with Crippen LogP contribution < -0.4 is 11.0 Å². The van der Waals surface area contributed by atoms with Gasteiger partial charge in [0.2, 0.25) is 0 Å². The zero-order chi connectivity index (χ0) is 16.2. The van der Waals surface area contributed by atoms with E-state index >= 15 is 0 Å². The van der Waals surface area contributed by atoms with Crippen molar-refractivity contribution in [2.75, 3.05) is 5.43 Å². The second kappa shape index (κ2) is 6.46. The molecule has 2 aromatic carbocycles. The van der Waals surface area contributed by atoms with Crippen LogP contribution in [0.3, 0.4) is 0 Å². The smallest absolute Gasteiger partial charge is 0.268 e. The van der Waals surface area contributed by atoms with E-state index in [1.54, 1.807) is 48.5 Å². The topological polar surface area (TPSA) is 64.0 Å². The van der Waals surface area contributed by atoms with Gasteiger partial charge in [-0.3, -0.25) is 15.0 Å². The summed E-state index contributed by atoms with van der Waals surface area (Å²) < 4.78 is 1.06. The van der Waals surface area contributed by atoms with Crippen LogP contribution in [-0.2, 0) is 4.79 Å². The second-order valence-corrected chi connectivity index (χ2v) is 5.17. The third-order valence-electron chi connectivity index (χ3n) is 3.22. The number of rotatable bonds is 3. The van der Waals surface area contributed by atoms with Crippen LogP contribution in [0, 0.1) is 0 Å². The van der Waals surface area contributed by atoms with Gasteiger partial charge in [0.1, 0.15) is 6.33 Å². The molecule has 1 N–H and O–H groups in total. The van der Waals surface area contributed by atoms with Crippen LogP contribution in [0.15, 0.2) is 65.7 Å². The van der Waals surface area contributed by atoms with Gasteiger partial charge in [0, 0.05) is 11.1 Å². The Bertz CT molecular complexity index is 963. The van der Waals surface area contributed by atoms with E-state index in [4.69, 9.17) is 11.6 Å². The fourth-order valence-corrected chi connectivity index (χ4v) is 2.28. The highest BCUT2D eigenvalue weighted by Gasteiger charge is 2.05. The number of amides is 1. The highest BCUT2D eigenvalue weighted by molar-refractivity contribution is 6.32. The Morgan fingerprint density at radius 1 is 1.13 bits per heavy atom. The third-order valence-corrected chi connectivity index (χ3v) is 3.56. The Morgan fingerprint density at radius 3 is 2.70 bits per heavy atom. The lowest BCUT2D eigenvalue weighted by Gasteiger charge is -2.06. The minimum Gasteiger partial charge on any atom is -0.268 e. The fraction of sp³-hybridized carbons (Fsp3) is 0. The van der Waals surface area contributed by atoms with Crippen LogP contribution in [0.2, 0.25) is 5.02 Å². The van der Waals surface area contributed by atoms with Crippen LogP contribution in [0.4, 0.5) is 0 Å². The number of halogens is 1. The summed E-state index contributed by atoms with van der Waals surface area (Å²) in [5, 5.41) is 0.978. The van der Waals surface area contributed by atoms with Gasteiger partial charge >= 0.3 is 0 Å². The number of fused-ring (bicyclic) bond motifs is 1. The Kier molecular flexibility index (Phi) is 4.21. The highest BCUT2D eigenvalue weighted by atomic mass is 35.5. The van der Waals surface area contributed by atoms with E-state index in [0.29, 0.717) is 21.5 Å². The average Bonchev–Trinajstić information content (AvgIpc) is 2.57. The van der Waals surface area contributed by atoms with Gasteiger partial charge in [-0.05, 0) is 29.8 Å². The Balaban J connectivity index is 1.82. The molecule has 0 spiro atoms. The van der Waals surface area contributed by atoms with Crippen LogP contribution >= 0.6 is 11.6 Å². The molecule has 114 valence electrons. The third kappa shape index (κ3) is 3.30. The molecule has 0 saturated heterocycles. The number of benzene rings is 2. The molecule has 0 aliphatic rings. The van der Waals surface area contributed by atoms with Gasteiger partial charge < -0.3 is 0 Å². The van der Waals surface area contributed by atoms with Gasteiger partial charge in [-0.25, -0.2) is 9.66 Å². The van der Waals surface area contributed by atoms with E-state index < -0.39 is 5.91 Å². The van der Waals surface area contributed by atoms with Crippen LogP contribution in [0.1, 0.15) is 5.56 Å². The van der Waals surface area contributed by atoms with Gasteiger partial charge in [-0.15, -0.1) is 0 Å². The van der Waals surface area contributed by atoms with E-state index in [-0.39, 0.29) is 5.56 Å². The summed E-state index contributed by atoms with van der Waals surface area (Å²) >= 11 is 6.01. The van der Waals surface area contributed by atoms with Crippen molar-refractivity contribution in [2.24, 2.45) is 0 Å². The molecule has 5 nitrogen and oxygen atoms in total. The molecule has 1 amide bonds. The summed E-state index contributed by atoms with van der Waals surface area (Å²) in [6.45, 7) is 0. The summed E-state index contributed by atoms with van der Waals surface area (Å²) in [7, 11) is 0. The Morgan fingerprint density at radius 2 is 1.87 bits per heavy atom. The number of hydrogen-bond acceptors (Lipinski definition) is 3. The number of nitrogens with one attached hydrogen (secondary N) is 1. The Hall–Kier alpha value is -2.92. The molecule has 1 aromatic heterocycles. The predicted octanol–water partition coefficient (Wildman–Crippen LogP) is 2.83. The summed E-state index contributed by atoms with van der Waals surface area (Å²) in [4.78, 5) is 28.3. The van der Waals surface area contributed by atoms with Gasteiger partial charge in [0.05, 0.1) is 10.9 Å². The maximum absolute atomic E-state index is 12.3. The van der Waals surface area contributed by atoms with Crippen molar-refractivity contribution in [3.8, 4) is 0 Å². The minimum absolute atomic E-state index is 0.338. The number of nitrogens with zero attached hydrogens (tertiary/aromatic N) is 2. The standard InChI is InChI=1S/C17H12ClN3O2/c18-14-7-3-1-5-12(14)9-10-16(22)20-21-11-19-15-8-4-2-6-13(15)17(21)23/h1-11H,(H,20,22)/b10-9+. The molecule has 1 heterocycles.